The number of para-hydroxylation sites is 1. The van der Waals surface area contributed by atoms with Gasteiger partial charge in [0.2, 0.25) is 0 Å². The van der Waals surface area contributed by atoms with E-state index in [1.165, 1.54) is 7.11 Å². The molecule has 4 nitrogen and oxygen atoms in total. The SMILES string of the molecule is COCOC(=O)Cc1ccccc1N. The Labute approximate surface area is 82.6 Å². The predicted octanol–water partition coefficient (Wildman–Crippen LogP) is 0.958. The van der Waals surface area contributed by atoms with E-state index in [0.717, 1.165) is 5.56 Å². The van der Waals surface area contributed by atoms with E-state index in [1.54, 1.807) is 12.1 Å². The van der Waals surface area contributed by atoms with Crippen molar-refractivity contribution in [2.24, 2.45) is 0 Å². The summed E-state index contributed by atoms with van der Waals surface area (Å²) in [4.78, 5) is 11.2. The molecule has 0 radical (unpaired) electrons. The summed E-state index contributed by atoms with van der Waals surface area (Å²) < 4.78 is 9.34. The molecule has 1 rings (SSSR count). The Morgan fingerprint density at radius 3 is 2.79 bits per heavy atom. The number of methoxy groups -OCH3 is 1. The number of carbonyl (C=O) groups excluding carboxylic acids is 1. The van der Waals surface area contributed by atoms with E-state index in [1.807, 2.05) is 12.1 Å². The van der Waals surface area contributed by atoms with Gasteiger partial charge in [-0.2, -0.15) is 0 Å². The van der Waals surface area contributed by atoms with Crippen molar-refractivity contribution in [1.82, 2.24) is 0 Å². The minimum absolute atomic E-state index is 0.0223. The molecule has 1 aromatic rings. The van der Waals surface area contributed by atoms with E-state index in [4.69, 9.17) is 10.5 Å². The lowest BCUT2D eigenvalue weighted by Gasteiger charge is -2.05. The molecule has 0 bridgehead atoms. The van der Waals surface area contributed by atoms with Crippen LogP contribution in [0.4, 0.5) is 5.69 Å². The van der Waals surface area contributed by atoms with Crippen LogP contribution < -0.4 is 5.73 Å². The summed E-state index contributed by atoms with van der Waals surface area (Å²) >= 11 is 0. The minimum atomic E-state index is -0.343. The van der Waals surface area contributed by atoms with Crippen LogP contribution >= 0.6 is 0 Å². The summed E-state index contributed by atoms with van der Waals surface area (Å²) in [6.07, 6.45) is 0.177. The fraction of sp³-hybridized carbons (Fsp3) is 0.300. The van der Waals surface area contributed by atoms with Crippen LogP contribution in [0.25, 0.3) is 0 Å². The van der Waals surface area contributed by atoms with Crippen molar-refractivity contribution in [1.29, 1.82) is 0 Å². The first kappa shape index (κ1) is 10.5. The Hall–Kier alpha value is -1.55. The highest BCUT2D eigenvalue weighted by molar-refractivity contribution is 5.74. The predicted molar refractivity (Wildman–Crippen MR) is 52.5 cm³/mol. The van der Waals surface area contributed by atoms with Gasteiger partial charge in [-0.25, -0.2) is 0 Å². The normalized spacial score (nSPS) is 9.79. The van der Waals surface area contributed by atoms with E-state index in [0.29, 0.717) is 5.69 Å². The van der Waals surface area contributed by atoms with Crippen LogP contribution in [0.1, 0.15) is 5.56 Å². The van der Waals surface area contributed by atoms with E-state index in [-0.39, 0.29) is 19.2 Å². The number of hydrogen-bond donors (Lipinski definition) is 1. The van der Waals surface area contributed by atoms with Crippen molar-refractivity contribution in [3.05, 3.63) is 29.8 Å². The summed E-state index contributed by atoms with van der Waals surface area (Å²) in [7, 11) is 1.46. The number of anilines is 1. The van der Waals surface area contributed by atoms with E-state index in [9.17, 15) is 4.79 Å². The molecule has 14 heavy (non-hydrogen) atoms. The minimum Gasteiger partial charge on any atom is -0.438 e. The Bertz CT molecular complexity index is 312. The van der Waals surface area contributed by atoms with Crippen molar-refractivity contribution in [2.75, 3.05) is 19.6 Å². The molecule has 0 fully saturated rings. The van der Waals surface area contributed by atoms with Gasteiger partial charge in [-0.1, -0.05) is 18.2 Å². The molecule has 0 aliphatic carbocycles. The van der Waals surface area contributed by atoms with Crippen LogP contribution in [-0.4, -0.2) is 19.9 Å². The zero-order valence-electron chi connectivity index (χ0n) is 8.03. The molecular formula is C10H13NO3. The third kappa shape index (κ3) is 3.06. The zero-order chi connectivity index (χ0) is 10.4. The van der Waals surface area contributed by atoms with Gasteiger partial charge in [-0.05, 0) is 11.6 Å². The quantitative estimate of drug-likeness (QED) is 0.441. The van der Waals surface area contributed by atoms with Gasteiger partial charge < -0.3 is 15.2 Å². The van der Waals surface area contributed by atoms with Crippen LogP contribution in [0, 0.1) is 0 Å². The van der Waals surface area contributed by atoms with Crippen LogP contribution in [-0.2, 0) is 20.7 Å². The Morgan fingerprint density at radius 1 is 1.43 bits per heavy atom. The maximum absolute atomic E-state index is 11.2. The first-order valence-corrected chi connectivity index (χ1v) is 4.22. The molecule has 2 N–H and O–H groups in total. The van der Waals surface area contributed by atoms with Gasteiger partial charge in [0.05, 0.1) is 6.42 Å². The highest BCUT2D eigenvalue weighted by atomic mass is 16.7. The Kier molecular flexibility index (Phi) is 3.94. The number of benzene rings is 1. The monoisotopic (exact) mass is 195 g/mol. The molecule has 0 aromatic heterocycles. The molecule has 0 atom stereocenters. The molecule has 0 unspecified atom stereocenters. The van der Waals surface area contributed by atoms with Crippen molar-refractivity contribution >= 4 is 11.7 Å². The lowest BCUT2D eigenvalue weighted by Crippen LogP contribution is -2.11. The molecule has 0 aliphatic heterocycles. The standard InChI is InChI=1S/C10H13NO3/c1-13-7-14-10(12)6-8-4-2-3-5-9(8)11/h2-5H,6-7,11H2,1H3. The van der Waals surface area contributed by atoms with Gasteiger partial charge in [0, 0.05) is 12.8 Å². The average molecular weight is 195 g/mol. The molecule has 1 aromatic carbocycles. The van der Waals surface area contributed by atoms with E-state index < -0.39 is 0 Å². The van der Waals surface area contributed by atoms with Crippen molar-refractivity contribution in [3.63, 3.8) is 0 Å². The second-order valence-electron chi connectivity index (χ2n) is 2.80. The molecular weight excluding hydrogens is 182 g/mol. The molecule has 4 heteroatoms. The highest BCUT2D eigenvalue weighted by Crippen LogP contribution is 2.11. The first-order chi connectivity index (χ1) is 6.74. The zero-order valence-corrected chi connectivity index (χ0v) is 8.03. The molecule has 0 saturated heterocycles. The number of hydrogen-bond acceptors (Lipinski definition) is 4. The second kappa shape index (κ2) is 5.24. The van der Waals surface area contributed by atoms with Gasteiger partial charge >= 0.3 is 5.97 Å². The topological polar surface area (TPSA) is 61.5 Å². The van der Waals surface area contributed by atoms with Gasteiger partial charge in [0.1, 0.15) is 0 Å². The van der Waals surface area contributed by atoms with E-state index >= 15 is 0 Å². The maximum Gasteiger partial charge on any atom is 0.312 e. The molecule has 0 saturated carbocycles. The lowest BCUT2D eigenvalue weighted by atomic mass is 10.1. The van der Waals surface area contributed by atoms with Gasteiger partial charge in [0.25, 0.3) is 0 Å². The number of nitrogens with two attached hydrogens (primary N) is 1. The largest absolute Gasteiger partial charge is 0.438 e. The number of nitrogen functional groups attached to an aromatic ring is 1. The fourth-order valence-corrected chi connectivity index (χ4v) is 1.03. The van der Waals surface area contributed by atoms with Gasteiger partial charge in [-0.3, -0.25) is 4.79 Å². The molecule has 0 spiro atoms. The van der Waals surface area contributed by atoms with Crippen molar-refractivity contribution in [2.45, 2.75) is 6.42 Å². The Morgan fingerprint density at radius 2 is 2.14 bits per heavy atom. The number of ether oxygens (including phenoxy) is 2. The third-order valence-corrected chi connectivity index (χ3v) is 1.73. The summed E-state index contributed by atoms with van der Waals surface area (Å²) in [5.74, 6) is -0.343. The number of carbonyl (C=O) groups is 1. The summed E-state index contributed by atoms with van der Waals surface area (Å²) in [6, 6.07) is 7.19. The van der Waals surface area contributed by atoms with Crippen LogP contribution in [0.3, 0.4) is 0 Å². The summed E-state index contributed by atoms with van der Waals surface area (Å²) in [5.41, 5.74) is 7.03. The Balaban J connectivity index is 2.52. The average Bonchev–Trinajstić information content (AvgIpc) is 2.18. The van der Waals surface area contributed by atoms with Crippen LogP contribution in [0.5, 0.6) is 0 Å². The highest BCUT2D eigenvalue weighted by Gasteiger charge is 2.06. The summed E-state index contributed by atoms with van der Waals surface area (Å²) in [6.45, 7) is -0.0223. The fourth-order valence-electron chi connectivity index (χ4n) is 1.03. The molecule has 0 amide bonds. The van der Waals surface area contributed by atoms with Crippen molar-refractivity contribution in [3.8, 4) is 0 Å². The third-order valence-electron chi connectivity index (χ3n) is 1.73. The lowest BCUT2D eigenvalue weighted by molar-refractivity contribution is -0.153. The summed E-state index contributed by atoms with van der Waals surface area (Å²) in [5, 5.41) is 0. The first-order valence-electron chi connectivity index (χ1n) is 4.22. The number of rotatable bonds is 4. The van der Waals surface area contributed by atoms with Crippen molar-refractivity contribution < 1.29 is 14.3 Å². The van der Waals surface area contributed by atoms with Gasteiger partial charge in [-0.15, -0.1) is 0 Å². The molecule has 76 valence electrons. The van der Waals surface area contributed by atoms with Crippen LogP contribution in [0.2, 0.25) is 0 Å². The smallest absolute Gasteiger partial charge is 0.312 e. The number of esters is 1. The second-order valence-corrected chi connectivity index (χ2v) is 2.80. The molecule has 0 heterocycles. The van der Waals surface area contributed by atoms with Crippen LogP contribution in [0.15, 0.2) is 24.3 Å². The molecule has 0 aliphatic rings. The van der Waals surface area contributed by atoms with Gasteiger partial charge in [0.15, 0.2) is 6.79 Å². The van der Waals surface area contributed by atoms with E-state index in [2.05, 4.69) is 4.74 Å². The maximum atomic E-state index is 11.2.